The zero-order valence-electron chi connectivity index (χ0n) is 11.1. The first-order valence-corrected chi connectivity index (χ1v) is 7.30. The Morgan fingerprint density at radius 2 is 2.00 bits per heavy atom. The lowest BCUT2D eigenvalue weighted by atomic mass is 10.0. The number of allylic oxidation sites excluding steroid dienone is 1. The second-order valence-electron chi connectivity index (χ2n) is 4.50. The van der Waals surface area contributed by atoms with Crippen molar-refractivity contribution in [3.8, 4) is 5.75 Å². The van der Waals surface area contributed by atoms with Gasteiger partial charge in [0, 0.05) is 5.56 Å². The number of benzene rings is 2. The summed E-state index contributed by atoms with van der Waals surface area (Å²) in [5.41, 5.74) is 1.10. The van der Waals surface area contributed by atoms with Gasteiger partial charge in [-0.3, -0.25) is 0 Å². The van der Waals surface area contributed by atoms with Crippen molar-refractivity contribution in [2.45, 2.75) is 12.5 Å². The van der Waals surface area contributed by atoms with Crippen LogP contribution < -0.4 is 4.74 Å². The molecule has 1 N–H and O–H groups in total. The largest absolute Gasteiger partial charge is 0.490 e. The van der Waals surface area contributed by atoms with Crippen molar-refractivity contribution in [3.05, 3.63) is 54.6 Å². The number of rotatable bonds is 7. The Hall–Kier alpha value is -1.11. The van der Waals surface area contributed by atoms with Gasteiger partial charge in [0.15, 0.2) is 0 Å². The first kappa shape index (κ1) is 15.3. The third kappa shape index (κ3) is 3.71. The van der Waals surface area contributed by atoms with Crippen LogP contribution in [0.15, 0.2) is 49.1 Å². The average molecular weight is 384 g/mol. The van der Waals surface area contributed by atoms with Crippen molar-refractivity contribution in [2.75, 3.05) is 13.2 Å². The highest BCUT2D eigenvalue weighted by Crippen LogP contribution is 2.29. The van der Waals surface area contributed by atoms with Crippen LogP contribution in [0.2, 0.25) is 0 Å². The molecule has 0 amide bonds. The quantitative estimate of drug-likeness (QED) is 0.585. The smallest absolute Gasteiger partial charge is 0.123 e. The van der Waals surface area contributed by atoms with E-state index in [2.05, 4.69) is 18.7 Å². The summed E-state index contributed by atoms with van der Waals surface area (Å²) in [6, 6.07) is 12.1. The van der Waals surface area contributed by atoms with E-state index in [-0.39, 0.29) is 13.2 Å². The Kier molecular flexibility index (Phi) is 5.82. The van der Waals surface area contributed by atoms with Gasteiger partial charge in [0.2, 0.25) is 0 Å². The van der Waals surface area contributed by atoms with Gasteiger partial charge >= 0.3 is 0 Å². The van der Waals surface area contributed by atoms with Crippen LogP contribution in [0.25, 0.3) is 10.8 Å². The van der Waals surface area contributed by atoms with Crippen molar-refractivity contribution in [1.82, 2.24) is 0 Å². The van der Waals surface area contributed by atoms with E-state index < -0.39 is 6.10 Å². The van der Waals surface area contributed by atoms with Crippen LogP contribution in [-0.2, 0) is 9.49 Å². The summed E-state index contributed by atoms with van der Waals surface area (Å²) >= 11 is 1.76. The number of fused-ring (bicyclic) bond motifs is 1. The molecule has 0 saturated carbocycles. The van der Waals surface area contributed by atoms with Crippen LogP contribution in [0.1, 0.15) is 5.56 Å². The maximum absolute atomic E-state index is 9.67. The summed E-state index contributed by atoms with van der Waals surface area (Å²) in [6.07, 6.45) is 1.96. The van der Waals surface area contributed by atoms with Gasteiger partial charge in [-0.25, -0.2) is 0 Å². The summed E-state index contributed by atoms with van der Waals surface area (Å²) in [5.74, 6) is 0.788. The van der Waals surface area contributed by atoms with Gasteiger partial charge in [0.25, 0.3) is 0 Å². The van der Waals surface area contributed by atoms with E-state index >= 15 is 0 Å². The molecule has 0 aliphatic rings. The molecule has 3 nitrogen and oxygen atoms in total. The SMILES string of the molecule is C=CCc1c(OCC(O)COI)ccc2ccccc12. The molecule has 106 valence electrons. The lowest BCUT2D eigenvalue weighted by molar-refractivity contribution is 0.0765. The second kappa shape index (κ2) is 7.61. The van der Waals surface area contributed by atoms with Crippen molar-refractivity contribution in [1.29, 1.82) is 0 Å². The van der Waals surface area contributed by atoms with E-state index in [1.807, 2.05) is 30.3 Å². The molecule has 2 aromatic carbocycles. The predicted molar refractivity (Wildman–Crippen MR) is 89.3 cm³/mol. The maximum Gasteiger partial charge on any atom is 0.123 e. The van der Waals surface area contributed by atoms with Crippen molar-refractivity contribution in [3.63, 3.8) is 0 Å². The highest BCUT2D eigenvalue weighted by molar-refractivity contribution is 14.1. The molecule has 0 aromatic heterocycles. The molecular weight excluding hydrogens is 367 g/mol. The molecule has 0 radical (unpaired) electrons. The number of hydrogen-bond donors (Lipinski definition) is 1. The minimum Gasteiger partial charge on any atom is -0.490 e. The fourth-order valence-electron chi connectivity index (χ4n) is 2.11. The molecule has 0 saturated heterocycles. The fourth-order valence-corrected chi connectivity index (χ4v) is 2.53. The topological polar surface area (TPSA) is 38.7 Å². The van der Waals surface area contributed by atoms with Crippen LogP contribution in [0.5, 0.6) is 5.75 Å². The van der Waals surface area contributed by atoms with Crippen molar-refractivity contribution in [2.24, 2.45) is 0 Å². The molecule has 2 aromatic rings. The summed E-state index contributed by atoms with van der Waals surface area (Å²) in [5, 5.41) is 12.0. The fraction of sp³-hybridized carbons (Fsp3) is 0.250. The van der Waals surface area contributed by atoms with Crippen LogP contribution in [0.4, 0.5) is 0 Å². The van der Waals surface area contributed by atoms with E-state index in [0.717, 1.165) is 23.1 Å². The van der Waals surface area contributed by atoms with E-state index in [1.54, 1.807) is 23.0 Å². The molecular formula is C16H17IO3. The molecule has 0 bridgehead atoms. The van der Waals surface area contributed by atoms with Crippen LogP contribution in [0.3, 0.4) is 0 Å². The summed E-state index contributed by atoms with van der Waals surface area (Å²) in [6.45, 7) is 4.27. The monoisotopic (exact) mass is 384 g/mol. The Bertz CT molecular complexity index is 583. The molecule has 1 unspecified atom stereocenters. The average Bonchev–Trinajstić information content (AvgIpc) is 2.47. The van der Waals surface area contributed by atoms with Gasteiger partial charge in [-0.05, 0) is 23.3 Å². The van der Waals surface area contributed by atoms with E-state index in [9.17, 15) is 5.11 Å². The predicted octanol–water partition coefficient (Wildman–Crippen LogP) is 3.67. The van der Waals surface area contributed by atoms with E-state index in [0.29, 0.717) is 0 Å². The Balaban J connectivity index is 2.27. The second-order valence-corrected chi connectivity index (χ2v) is 5.12. The first-order valence-electron chi connectivity index (χ1n) is 6.42. The number of ether oxygens (including phenoxy) is 1. The van der Waals surface area contributed by atoms with Gasteiger partial charge in [-0.15, -0.1) is 6.58 Å². The minimum absolute atomic E-state index is 0.214. The molecule has 0 fully saturated rings. The number of aliphatic hydroxyl groups is 1. The van der Waals surface area contributed by atoms with Crippen LogP contribution in [-0.4, -0.2) is 24.4 Å². The molecule has 4 heteroatoms. The Labute approximate surface area is 132 Å². The number of halogens is 1. The highest BCUT2D eigenvalue weighted by Gasteiger charge is 2.10. The van der Waals surface area contributed by atoms with Gasteiger partial charge in [-0.2, -0.15) is 0 Å². The van der Waals surface area contributed by atoms with Gasteiger partial charge in [-0.1, -0.05) is 36.4 Å². The lowest BCUT2D eigenvalue weighted by Gasteiger charge is -2.15. The maximum atomic E-state index is 9.67. The molecule has 0 heterocycles. The third-order valence-electron chi connectivity index (χ3n) is 3.03. The highest BCUT2D eigenvalue weighted by atomic mass is 127. The summed E-state index contributed by atoms with van der Waals surface area (Å²) < 4.78 is 10.6. The molecule has 1 atom stereocenters. The van der Waals surface area contributed by atoms with Crippen molar-refractivity contribution < 1.29 is 12.9 Å². The Morgan fingerprint density at radius 1 is 1.20 bits per heavy atom. The molecule has 0 aliphatic heterocycles. The first-order chi connectivity index (χ1) is 9.76. The van der Waals surface area contributed by atoms with E-state index in [4.69, 9.17) is 7.80 Å². The Morgan fingerprint density at radius 3 is 2.75 bits per heavy atom. The molecule has 0 spiro atoms. The van der Waals surface area contributed by atoms with Gasteiger partial charge in [0.1, 0.15) is 41.5 Å². The van der Waals surface area contributed by atoms with E-state index in [1.165, 1.54) is 5.39 Å². The molecule has 2 rings (SSSR count). The summed E-state index contributed by atoms with van der Waals surface area (Å²) in [7, 11) is 0. The summed E-state index contributed by atoms with van der Waals surface area (Å²) in [4.78, 5) is 0. The minimum atomic E-state index is -0.630. The standard InChI is InChI=1S/C16H17IO3/c1-2-5-15-14-7-4-3-6-12(14)8-9-16(15)19-10-13(18)11-20-17/h2-4,6-9,13,18H,1,5,10-11H2. The van der Waals surface area contributed by atoms with Crippen molar-refractivity contribution >= 4 is 33.8 Å². The zero-order chi connectivity index (χ0) is 14.4. The normalized spacial score (nSPS) is 12.3. The number of aliphatic hydroxyl groups excluding tert-OH is 1. The van der Waals surface area contributed by atoms with Gasteiger partial charge < -0.3 is 12.9 Å². The zero-order valence-corrected chi connectivity index (χ0v) is 13.2. The lowest BCUT2D eigenvalue weighted by Crippen LogP contribution is -2.22. The number of hydrogen-bond acceptors (Lipinski definition) is 3. The van der Waals surface area contributed by atoms with Gasteiger partial charge in [0.05, 0.1) is 6.61 Å². The third-order valence-corrected chi connectivity index (χ3v) is 3.39. The molecule has 20 heavy (non-hydrogen) atoms. The van der Waals surface area contributed by atoms with Crippen LogP contribution >= 0.6 is 23.0 Å². The molecule has 0 aliphatic carbocycles. The van der Waals surface area contributed by atoms with Crippen LogP contribution in [0, 0.1) is 0 Å².